The van der Waals surface area contributed by atoms with Gasteiger partial charge in [-0.15, -0.1) is 0 Å². The van der Waals surface area contributed by atoms with E-state index in [1.807, 2.05) is 0 Å². The second kappa shape index (κ2) is 6.83. The molecule has 0 saturated carbocycles. The predicted molar refractivity (Wildman–Crippen MR) is 72.8 cm³/mol. The minimum absolute atomic E-state index is 0.109. The summed E-state index contributed by atoms with van der Waals surface area (Å²) in [6.45, 7) is 5.21. The molecule has 18 heavy (non-hydrogen) atoms. The number of nitrogens with two attached hydrogens (primary N) is 1. The molecule has 0 aliphatic carbocycles. The first-order valence-electron chi connectivity index (χ1n) is 6.23. The minimum atomic E-state index is -1.02. The van der Waals surface area contributed by atoms with Crippen molar-refractivity contribution >= 4 is 17.5 Å². The van der Waals surface area contributed by atoms with Crippen molar-refractivity contribution in [3.8, 4) is 0 Å². The zero-order valence-electron chi connectivity index (χ0n) is 10.9. The highest BCUT2D eigenvalue weighted by molar-refractivity contribution is 5.89. The molecule has 0 fully saturated rings. The summed E-state index contributed by atoms with van der Waals surface area (Å²) in [6.07, 6.45) is 4.75. The van der Waals surface area contributed by atoms with Crippen LogP contribution in [0, 0.1) is 5.92 Å². The quantitative estimate of drug-likeness (QED) is 0.648. The summed E-state index contributed by atoms with van der Waals surface area (Å²) < 4.78 is 0. The number of pyridine rings is 1. The van der Waals surface area contributed by atoms with Crippen molar-refractivity contribution in [1.82, 2.24) is 4.98 Å². The summed E-state index contributed by atoms with van der Waals surface area (Å²) in [5.74, 6) is 0.269. The second-order valence-electron chi connectivity index (χ2n) is 4.78. The van der Waals surface area contributed by atoms with Crippen LogP contribution in [0.2, 0.25) is 0 Å². The highest BCUT2D eigenvalue weighted by atomic mass is 16.4. The lowest BCUT2D eigenvalue weighted by Gasteiger charge is -2.09. The van der Waals surface area contributed by atoms with Gasteiger partial charge in [-0.05, 0) is 18.4 Å². The summed E-state index contributed by atoms with van der Waals surface area (Å²) in [7, 11) is 0. The van der Waals surface area contributed by atoms with Crippen molar-refractivity contribution in [2.24, 2.45) is 5.92 Å². The molecule has 0 bridgehead atoms. The number of nitrogens with zero attached hydrogens (tertiary/aromatic N) is 1. The topological polar surface area (TPSA) is 88.2 Å². The van der Waals surface area contributed by atoms with Crippen molar-refractivity contribution in [3.05, 3.63) is 17.8 Å². The molecular weight excluding hydrogens is 230 g/mol. The van der Waals surface area contributed by atoms with E-state index < -0.39 is 5.97 Å². The van der Waals surface area contributed by atoms with Crippen LogP contribution < -0.4 is 11.1 Å². The molecule has 1 aromatic rings. The van der Waals surface area contributed by atoms with Gasteiger partial charge in [-0.3, -0.25) is 0 Å². The van der Waals surface area contributed by atoms with E-state index in [1.165, 1.54) is 18.7 Å². The zero-order chi connectivity index (χ0) is 13.5. The largest absolute Gasteiger partial charge is 0.478 e. The van der Waals surface area contributed by atoms with Crippen LogP contribution in [-0.4, -0.2) is 22.6 Å². The zero-order valence-corrected chi connectivity index (χ0v) is 10.9. The van der Waals surface area contributed by atoms with Gasteiger partial charge in [0.15, 0.2) is 0 Å². The predicted octanol–water partition coefficient (Wildman–Crippen LogP) is 2.60. The number of rotatable bonds is 7. The molecule has 0 spiro atoms. The minimum Gasteiger partial charge on any atom is -0.478 e. The van der Waals surface area contributed by atoms with Crippen LogP contribution >= 0.6 is 0 Å². The van der Waals surface area contributed by atoms with E-state index in [2.05, 4.69) is 24.1 Å². The lowest BCUT2D eigenvalue weighted by Crippen LogP contribution is -2.08. The third-order valence-corrected chi connectivity index (χ3v) is 2.66. The van der Waals surface area contributed by atoms with Crippen LogP contribution in [0.4, 0.5) is 11.5 Å². The Hall–Kier alpha value is -1.78. The summed E-state index contributed by atoms with van der Waals surface area (Å²) in [6, 6.07) is 1.42. The van der Waals surface area contributed by atoms with Crippen molar-refractivity contribution in [2.75, 3.05) is 17.6 Å². The molecule has 0 aromatic carbocycles. The van der Waals surface area contributed by atoms with Gasteiger partial charge in [0.1, 0.15) is 5.82 Å². The average molecular weight is 251 g/mol. The van der Waals surface area contributed by atoms with E-state index in [9.17, 15) is 4.79 Å². The molecule has 0 atom stereocenters. The van der Waals surface area contributed by atoms with Gasteiger partial charge >= 0.3 is 5.97 Å². The Labute approximate surface area is 107 Å². The molecule has 5 nitrogen and oxygen atoms in total. The van der Waals surface area contributed by atoms with E-state index in [0.717, 1.165) is 25.3 Å². The summed E-state index contributed by atoms with van der Waals surface area (Å²) in [5, 5.41) is 11.9. The molecule has 0 aliphatic rings. The molecule has 1 rings (SSSR count). The number of aromatic nitrogens is 1. The number of anilines is 2. The number of unbranched alkanes of at least 4 members (excludes halogenated alkanes) is 1. The Morgan fingerprint density at radius 2 is 2.22 bits per heavy atom. The van der Waals surface area contributed by atoms with Crippen molar-refractivity contribution < 1.29 is 9.90 Å². The highest BCUT2D eigenvalue weighted by Gasteiger charge is 2.07. The van der Waals surface area contributed by atoms with Crippen LogP contribution in [0.3, 0.4) is 0 Å². The molecule has 4 N–H and O–H groups in total. The molecule has 1 heterocycles. The first-order chi connectivity index (χ1) is 8.50. The second-order valence-corrected chi connectivity index (χ2v) is 4.78. The lowest BCUT2D eigenvalue weighted by molar-refractivity contribution is 0.0696. The Kier molecular flexibility index (Phi) is 5.42. The Morgan fingerprint density at radius 1 is 1.50 bits per heavy atom. The number of carbonyl (C=O) groups is 1. The van der Waals surface area contributed by atoms with Crippen molar-refractivity contribution in [3.63, 3.8) is 0 Å². The molecule has 100 valence electrons. The van der Waals surface area contributed by atoms with Crippen LogP contribution in [0.25, 0.3) is 0 Å². The highest BCUT2D eigenvalue weighted by Crippen LogP contribution is 2.16. The Morgan fingerprint density at radius 3 is 2.78 bits per heavy atom. The Balaban J connectivity index is 2.41. The van der Waals surface area contributed by atoms with Gasteiger partial charge < -0.3 is 16.2 Å². The van der Waals surface area contributed by atoms with Crippen LogP contribution in [0.5, 0.6) is 0 Å². The molecule has 0 radical (unpaired) electrons. The fourth-order valence-corrected chi connectivity index (χ4v) is 1.63. The fraction of sp³-hybridized carbons (Fsp3) is 0.538. The van der Waals surface area contributed by atoms with Gasteiger partial charge in [0.25, 0.3) is 0 Å². The average Bonchev–Trinajstić information content (AvgIpc) is 2.29. The van der Waals surface area contributed by atoms with E-state index in [-0.39, 0.29) is 5.56 Å². The monoisotopic (exact) mass is 251 g/mol. The molecule has 0 aliphatic heterocycles. The first-order valence-corrected chi connectivity index (χ1v) is 6.23. The van der Waals surface area contributed by atoms with Gasteiger partial charge in [0, 0.05) is 12.7 Å². The van der Waals surface area contributed by atoms with Crippen LogP contribution in [0.15, 0.2) is 12.3 Å². The number of hydrogen-bond acceptors (Lipinski definition) is 4. The van der Waals surface area contributed by atoms with Gasteiger partial charge in [0.05, 0.1) is 11.3 Å². The maximum absolute atomic E-state index is 10.7. The first kappa shape index (κ1) is 14.3. The molecule has 1 aromatic heterocycles. The number of nitrogens with one attached hydrogen (secondary N) is 1. The normalized spacial score (nSPS) is 10.6. The van der Waals surface area contributed by atoms with Crippen LogP contribution in [0.1, 0.15) is 43.5 Å². The fourth-order valence-electron chi connectivity index (χ4n) is 1.63. The van der Waals surface area contributed by atoms with Crippen molar-refractivity contribution in [1.29, 1.82) is 0 Å². The van der Waals surface area contributed by atoms with Crippen molar-refractivity contribution in [2.45, 2.75) is 33.1 Å². The number of carboxylic acid groups (broad SMARTS) is 1. The third kappa shape index (κ3) is 4.61. The van der Waals surface area contributed by atoms with E-state index in [4.69, 9.17) is 10.8 Å². The lowest BCUT2D eigenvalue weighted by atomic mass is 10.1. The standard InChI is InChI=1S/C13H21N3O2/c1-9(2)5-3-4-6-15-12-11(14)7-10(8-16-12)13(17)18/h7-9H,3-6,14H2,1-2H3,(H,15,16)(H,17,18). The Bertz CT molecular complexity index is 405. The van der Waals surface area contributed by atoms with E-state index >= 15 is 0 Å². The SMILES string of the molecule is CC(C)CCCCNc1ncc(C(=O)O)cc1N. The third-order valence-electron chi connectivity index (χ3n) is 2.66. The molecule has 0 saturated heterocycles. The number of hydrogen-bond donors (Lipinski definition) is 3. The van der Waals surface area contributed by atoms with Gasteiger partial charge in [-0.2, -0.15) is 0 Å². The molecule has 0 amide bonds. The maximum atomic E-state index is 10.7. The molecule has 0 unspecified atom stereocenters. The van der Waals surface area contributed by atoms with E-state index in [1.54, 1.807) is 0 Å². The number of nitrogen functional groups attached to an aromatic ring is 1. The number of aromatic carboxylic acids is 1. The van der Waals surface area contributed by atoms with Gasteiger partial charge in [-0.1, -0.05) is 26.7 Å². The molecule has 5 heteroatoms. The number of carboxylic acids is 1. The van der Waals surface area contributed by atoms with Gasteiger partial charge in [0.2, 0.25) is 0 Å². The summed E-state index contributed by atoms with van der Waals surface area (Å²) >= 11 is 0. The maximum Gasteiger partial charge on any atom is 0.337 e. The van der Waals surface area contributed by atoms with Crippen LogP contribution in [-0.2, 0) is 0 Å². The molecular formula is C13H21N3O2. The summed E-state index contributed by atoms with van der Waals surface area (Å²) in [5.41, 5.74) is 6.22. The summed E-state index contributed by atoms with van der Waals surface area (Å²) in [4.78, 5) is 14.7. The van der Waals surface area contributed by atoms with Gasteiger partial charge in [-0.25, -0.2) is 9.78 Å². The smallest absolute Gasteiger partial charge is 0.337 e. The van der Waals surface area contributed by atoms with E-state index in [0.29, 0.717) is 11.5 Å².